The van der Waals surface area contributed by atoms with E-state index in [4.69, 9.17) is 4.98 Å². The van der Waals surface area contributed by atoms with Crippen LogP contribution < -0.4 is 0 Å². The highest BCUT2D eigenvalue weighted by atomic mass is 35.5. The number of hydrogen-bond donors (Lipinski definition) is 0. The molecular weight excluding hydrogens is 364 g/mol. The number of thioether (sulfide) groups is 1. The van der Waals surface area contributed by atoms with Crippen molar-refractivity contribution in [3.8, 4) is 11.1 Å². The van der Waals surface area contributed by atoms with Crippen LogP contribution in [-0.2, 0) is 4.79 Å². The van der Waals surface area contributed by atoms with Crippen molar-refractivity contribution < 1.29 is 4.79 Å². The van der Waals surface area contributed by atoms with E-state index < -0.39 is 0 Å². The maximum absolute atomic E-state index is 12.3. The van der Waals surface area contributed by atoms with Crippen molar-refractivity contribution in [3.05, 3.63) is 60.7 Å². The zero-order valence-electron chi connectivity index (χ0n) is 15.0. The SMILES string of the molecule is CCN(CC)C(=O)CSc1cc(-c2ccccc2)c2ccccc2n1.Cl. The van der Waals surface area contributed by atoms with E-state index in [1.807, 2.05) is 55.1 Å². The van der Waals surface area contributed by atoms with Gasteiger partial charge in [-0.2, -0.15) is 0 Å². The first-order chi connectivity index (χ1) is 12.2. The Morgan fingerprint density at radius 1 is 1.00 bits per heavy atom. The summed E-state index contributed by atoms with van der Waals surface area (Å²) in [4.78, 5) is 18.9. The van der Waals surface area contributed by atoms with E-state index >= 15 is 0 Å². The number of nitrogens with zero attached hydrogens (tertiary/aromatic N) is 2. The van der Waals surface area contributed by atoms with Gasteiger partial charge in [-0.05, 0) is 37.1 Å². The first kappa shape index (κ1) is 20.3. The number of carbonyl (C=O) groups excluding carboxylic acids is 1. The lowest BCUT2D eigenvalue weighted by Gasteiger charge is -2.18. The normalized spacial score (nSPS) is 10.4. The monoisotopic (exact) mass is 386 g/mol. The maximum Gasteiger partial charge on any atom is 0.232 e. The van der Waals surface area contributed by atoms with Crippen molar-refractivity contribution in [3.63, 3.8) is 0 Å². The lowest BCUT2D eigenvalue weighted by atomic mass is 10.0. The van der Waals surface area contributed by atoms with Crippen LogP contribution in [0.2, 0.25) is 0 Å². The van der Waals surface area contributed by atoms with Crippen LogP contribution in [0.15, 0.2) is 65.7 Å². The zero-order valence-corrected chi connectivity index (χ0v) is 16.6. The van der Waals surface area contributed by atoms with Crippen molar-refractivity contribution in [2.45, 2.75) is 18.9 Å². The molecule has 26 heavy (non-hydrogen) atoms. The minimum absolute atomic E-state index is 0. The van der Waals surface area contributed by atoms with Crippen LogP contribution >= 0.6 is 24.2 Å². The lowest BCUT2D eigenvalue weighted by molar-refractivity contribution is -0.127. The quantitative estimate of drug-likeness (QED) is 0.540. The molecule has 0 fully saturated rings. The molecule has 5 heteroatoms. The summed E-state index contributed by atoms with van der Waals surface area (Å²) in [5.41, 5.74) is 3.28. The van der Waals surface area contributed by atoms with Crippen LogP contribution in [-0.4, -0.2) is 34.6 Å². The number of halogens is 1. The van der Waals surface area contributed by atoms with Crippen molar-refractivity contribution in [1.29, 1.82) is 0 Å². The fourth-order valence-electron chi connectivity index (χ4n) is 2.88. The lowest BCUT2D eigenvalue weighted by Crippen LogP contribution is -2.31. The third kappa shape index (κ3) is 4.57. The molecule has 1 aromatic heterocycles. The summed E-state index contributed by atoms with van der Waals surface area (Å²) >= 11 is 1.51. The second-order valence-electron chi connectivity index (χ2n) is 5.75. The molecule has 3 rings (SSSR count). The minimum Gasteiger partial charge on any atom is -0.343 e. The molecule has 136 valence electrons. The van der Waals surface area contributed by atoms with Crippen molar-refractivity contribution >= 4 is 41.0 Å². The summed E-state index contributed by atoms with van der Waals surface area (Å²) in [6, 6.07) is 20.6. The maximum atomic E-state index is 12.3. The Kier molecular flexibility index (Phi) is 7.49. The van der Waals surface area contributed by atoms with E-state index in [-0.39, 0.29) is 18.3 Å². The first-order valence-electron chi connectivity index (χ1n) is 8.58. The Morgan fingerprint density at radius 3 is 2.35 bits per heavy atom. The highest BCUT2D eigenvalue weighted by Gasteiger charge is 2.12. The number of rotatable bonds is 6. The average molecular weight is 387 g/mol. The molecular formula is C21H23ClN2OS. The Bertz CT molecular complexity index is 866. The molecule has 0 radical (unpaired) electrons. The number of carbonyl (C=O) groups is 1. The van der Waals surface area contributed by atoms with Crippen molar-refractivity contribution in [1.82, 2.24) is 9.88 Å². The van der Waals surface area contributed by atoms with Gasteiger partial charge in [0.05, 0.1) is 16.3 Å². The number of amides is 1. The molecule has 0 saturated carbocycles. The van der Waals surface area contributed by atoms with Crippen LogP contribution in [0.4, 0.5) is 0 Å². The van der Waals surface area contributed by atoms with Gasteiger partial charge in [-0.15, -0.1) is 12.4 Å². The van der Waals surface area contributed by atoms with Crippen molar-refractivity contribution in [2.75, 3.05) is 18.8 Å². The summed E-state index contributed by atoms with van der Waals surface area (Å²) in [6.45, 7) is 5.51. The van der Waals surface area contributed by atoms with Gasteiger partial charge in [0.15, 0.2) is 0 Å². The summed E-state index contributed by atoms with van der Waals surface area (Å²) in [6.07, 6.45) is 0. The molecule has 0 atom stereocenters. The molecule has 0 unspecified atom stereocenters. The summed E-state index contributed by atoms with van der Waals surface area (Å²) < 4.78 is 0. The van der Waals surface area contributed by atoms with Gasteiger partial charge in [-0.25, -0.2) is 4.98 Å². The molecule has 1 heterocycles. The van der Waals surface area contributed by atoms with Crippen LogP contribution in [0.25, 0.3) is 22.0 Å². The van der Waals surface area contributed by atoms with E-state index in [0.29, 0.717) is 5.75 Å². The topological polar surface area (TPSA) is 33.2 Å². The largest absolute Gasteiger partial charge is 0.343 e. The number of benzene rings is 2. The number of hydrogen-bond acceptors (Lipinski definition) is 3. The zero-order chi connectivity index (χ0) is 17.6. The second kappa shape index (κ2) is 9.60. The number of aromatic nitrogens is 1. The molecule has 0 aliphatic rings. The molecule has 0 aliphatic heterocycles. The molecule has 0 bridgehead atoms. The van der Waals surface area contributed by atoms with E-state index in [1.165, 1.54) is 11.8 Å². The van der Waals surface area contributed by atoms with Gasteiger partial charge in [-0.3, -0.25) is 4.79 Å². The molecule has 3 nitrogen and oxygen atoms in total. The van der Waals surface area contributed by atoms with Crippen LogP contribution in [0, 0.1) is 0 Å². The summed E-state index contributed by atoms with van der Waals surface area (Å²) in [5, 5.41) is 2.02. The molecule has 3 aromatic rings. The van der Waals surface area contributed by atoms with Gasteiger partial charge in [0.1, 0.15) is 0 Å². The van der Waals surface area contributed by atoms with Crippen LogP contribution in [0.1, 0.15) is 13.8 Å². The number of pyridine rings is 1. The molecule has 0 N–H and O–H groups in total. The highest BCUT2D eigenvalue weighted by molar-refractivity contribution is 7.99. The molecule has 0 saturated heterocycles. The Balaban J connectivity index is 0.00000243. The van der Waals surface area contributed by atoms with E-state index in [9.17, 15) is 4.79 Å². The highest BCUT2D eigenvalue weighted by Crippen LogP contribution is 2.31. The van der Waals surface area contributed by atoms with Gasteiger partial charge < -0.3 is 4.90 Å². The Hall–Kier alpha value is -2.04. The first-order valence-corrected chi connectivity index (χ1v) is 9.57. The van der Waals surface area contributed by atoms with Crippen molar-refractivity contribution in [2.24, 2.45) is 0 Å². The third-order valence-electron chi connectivity index (χ3n) is 4.24. The fourth-order valence-corrected chi connectivity index (χ4v) is 3.70. The minimum atomic E-state index is 0. The Morgan fingerprint density at radius 2 is 1.65 bits per heavy atom. The van der Waals surface area contributed by atoms with Gasteiger partial charge in [0.25, 0.3) is 0 Å². The van der Waals surface area contributed by atoms with Gasteiger partial charge in [0.2, 0.25) is 5.91 Å². The molecule has 2 aromatic carbocycles. The number of fused-ring (bicyclic) bond motifs is 1. The van der Waals surface area contributed by atoms with Gasteiger partial charge >= 0.3 is 0 Å². The molecule has 1 amide bonds. The second-order valence-corrected chi connectivity index (χ2v) is 6.74. The molecule has 0 spiro atoms. The predicted molar refractivity (Wildman–Crippen MR) is 113 cm³/mol. The average Bonchev–Trinajstić information content (AvgIpc) is 2.67. The van der Waals surface area contributed by atoms with E-state index in [1.54, 1.807) is 0 Å². The summed E-state index contributed by atoms with van der Waals surface area (Å²) in [7, 11) is 0. The smallest absolute Gasteiger partial charge is 0.232 e. The van der Waals surface area contributed by atoms with Crippen LogP contribution in [0.5, 0.6) is 0 Å². The third-order valence-corrected chi connectivity index (χ3v) is 5.13. The Labute approximate surface area is 165 Å². The summed E-state index contributed by atoms with van der Waals surface area (Å²) in [5.74, 6) is 0.576. The standard InChI is InChI=1S/C21H22N2OS.ClH/c1-3-23(4-2)21(24)15-25-20-14-18(16-10-6-5-7-11-16)17-12-8-9-13-19(17)22-20;/h5-14H,3-4,15H2,1-2H3;1H. The van der Waals surface area contributed by atoms with Gasteiger partial charge in [0, 0.05) is 18.5 Å². The van der Waals surface area contributed by atoms with E-state index in [0.717, 1.165) is 40.1 Å². The van der Waals surface area contributed by atoms with E-state index in [2.05, 4.69) is 24.3 Å². The van der Waals surface area contributed by atoms with Gasteiger partial charge in [-0.1, -0.05) is 60.3 Å². The van der Waals surface area contributed by atoms with Crippen LogP contribution in [0.3, 0.4) is 0 Å². The predicted octanol–water partition coefficient (Wildman–Crippen LogP) is 5.28. The fraction of sp³-hybridized carbons (Fsp3) is 0.238. The molecule has 0 aliphatic carbocycles. The number of para-hydroxylation sites is 1.